The van der Waals surface area contributed by atoms with E-state index in [1.807, 2.05) is 43.4 Å². The van der Waals surface area contributed by atoms with Crippen molar-refractivity contribution in [2.24, 2.45) is 12.0 Å². The van der Waals surface area contributed by atoms with Crippen molar-refractivity contribution in [2.45, 2.75) is 6.42 Å². The number of hydrogen-bond donors (Lipinski definition) is 1. The summed E-state index contributed by atoms with van der Waals surface area (Å²) in [5.74, 6) is 1.60. The fourth-order valence-electron chi connectivity index (χ4n) is 3.55. The molecule has 25 heavy (non-hydrogen) atoms. The van der Waals surface area contributed by atoms with Gasteiger partial charge in [-0.3, -0.25) is 4.99 Å². The molecule has 0 aliphatic carbocycles. The number of benzene rings is 2. The number of rotatable bonds is 3. The van der Waals surface area contributed by atoms with Crippen LogP contribution in [0.1, 0.15) is 16.7 Å². The molecular formula is C20H20N2O3. The summed E-state index contributed by atoms with van der Waals surface area (Å²) in [6.45, 7) is 0.681. The number of nitrogens with zero attached hydrogens (tertiary/aromatic N) is 2. The number of methoxy groups -OCH3 is 2. The molecule has 0 unspecified atom stereocenters. The van der Waals surface area contributed by atoms with Gasteiger partial charge in [0, 0.05) is 24.5 Å². The predicted octanol–water partition coefficient (Wildman–Crippen LogP) is 3.29. The van der Waals surface area contributed by atoms with Gasteiger partial charge in [0.2, 0.25) is 5.88 Å². The fourth-order valence-corrected chi connectivity index (χ4v) is 3.55. The van der Waals surface area contributed by atoms with Crippen LogP contribution < -0.4 is 9.47 Å². The maximum Gasteiger partial charge on any atom is 0.201 e. The lowest BCUT2D eigenvalue weighted by atomic mass is 9.92. The summed E-state index contributed by atoms with van der Waals surface area (Å²) in [6, 6.07) is 11.9. The van der Waals surface area contributed by atoms with Crippen LogP contribution in [-0.2, 0) is 13.5 Å². The molecule has 0 atom stereocenters. The normalized spacial score (nSPS) is 13.5. The molecule has 4 rings (SSSR count). The maximum atomic E-state index is 10.8. The summed E-state index contributed by atoms with van der Waals surface area (Å²) >= 11 is 0. The van der Waals surface area contributed by atoms with Crippen molar-refractivity contribution >= 4 is 16.6 Å². The molecule has 1 N–H and O–H groups in total. The average molecular weight is 336 g/mol. The summed E-state index contributed by atoms with van der Waals surface area (Å²) in [7, 11) is 5.12. The third-order valence-electron chi connectivity index (χ3n) is 4.83. The number of aryl methyl sites for hydroxylation is 1. The van der Waals surface area contributed by atoms with E-state index in [4.69, 9.17) is 14.5 Å². The molecule has 0 fully saturated rings. The zero-order chi connectivity index (χ0) is 17.6. The Kier molecular flexibility index (Phi) is 3.64. The standard InChI is InChI=1S/C20H20N2O3/c1-22-15-7-5-4-6-13(15)18(20(22)23)19-14-11-17(25-3)16(24-2)10-12(14)8-9-21-19/h4-7,10-11,23H,8-9H2,1-3H3. The Hall–Kier alpha value is -2.95. The zero-order valence-corrected chi connectivity index (χ0v) is 14.5. The summed E-state index contributed by atoms with van der Waals surface area (Å²) in [5, 5.41) is 11.7. The van der Waals surface area contributed by atoms with E-state index < -0.39 is 0 Å². The number of ether oxygens (including phenoxy) is 2. The first-order chi connectivity index (χ1) is 12.2. The Balaban J connectivity index is 1.98. The molecule has 0 bridgehead atoms. The minimum absolute atomic E-state index is 0.225. The van der Waals surface area contributed by atoms with Crippen molar-refractivity contribution in [3.05, 3.63) is 53.1 Å². The minimum atomic E-state index is 0.225. The molecular weight excluding hydrogens is 316 g/mol. The third-order valence-corrected chi connectivity index (χ3v) is 4.83. The molecule has 2 aromatic carbocycles. The van der Waals surface area contributed by atoms with E-state index >= 15 is 0 Å². The number of aromatic nitrogens is 1. The molecule has 3 aromatic rings. The van der Waals surface area contributed by atoms with Crippen LogP contribution in [0.4, 0.5) is 0 Å². The quantitative estimate of drug-likeness (QED) is 0.798. The maximum absolute atomic E-state index is 10.8. The summed E-state index contributed by atoms with van der Waals surface area (Å²) in [5.41, 5.74) is 4.68. The van der Waals surface area contributed by atoms with Crippen molar-refractivity contribution in [2.75, 3.05) is 20.8 Å². The van der Waals surface area contributed by atoms with Gasteiger partial charge in [0.1, 0.15) is 0 Å². The summed E-state index contributed by atoms with van der Waals surface area (Å²) < 4.78 is 12.7. The highest BCUT2D eigenvalue weighted by molar-refractivity contribution is 6.22. The highest BCUT2D eigenvalue weighted by Gasteiger charge is 2.25. The number of fused-ring (bicyclic) bond motifs is 2. The predicted molar refractivity (Wildman–Crippen MR) is 98.3 cm³/mol. The van der Waals surface area contributed by atoms with E-state index in [0.717, 1.165) is 39.7 Å². The second kappa shape index (κ2) is 5.84. The Morgan fingerprint density at radius 3 is 2.56 bits per heavy atom. The van der Waals surface area contributed by atoms with Crippen molar-refractivity contribution in [1.82, 2.24) is 4.57 Å². The Bertz CT molecular complexity index is 1000. The van der Waals surface area contributed by atoms with E-state index in [1.165, 1.54) is 0 Å². The van der Waals surface area contributed by atoms with Gasteiger partial charge in [-0.15, -0.1) is 0 Å². The number of para-hydroxylation sites is 1. The van der Waals surface area contributed by atoms with E-state index in [0.29, 0.717) is 18.0 Å². The first-order valence-corrected chi connectivity index (χ1v) is 8.22. The average Bonchev–Trinajstić information content (AvgIpc) is 2.91. The Morgan fingerprint density at radius 1 is 1.08 bits per heavy atom. The van der Waals surface area contributed by atoms with E-state index in [-0.39, 0.29) is 5.88 Å². The molecule has 1 aliphatic heterocycles. The molecule has 1 aliphatic rings. The second-order valence-corrected chi connectivity index (χ2v) is 6.12. The summed E-state index contributed by atoms with van der Waals surface area (Å²) in [4.78, 5) is 4.74. The third kappa shape index (κ3) is 2.27. The zero-order valence-electron chi connectivity index (χ0n) is 14.5. The van der Waals surface area contributed by atoms with E-state index in [1.54, 1.807) is 18.8 Å². The largest absolute Gasteiger partial charge is 0.494 e. The lowest BCUT2D eigenvalue weighted by Crippen LogP contribution is -2.15. The van der Waals surface area contributed by atoms with Crippen LogP contribution in [0.25, 0.3) is 10.9 Å². The monoisotopic (exact) mass is 336 g/mol. The Labute approximate surface area is 146 Å². The lowest BCUT2D eigenvalue weighted by molar-refractivity contribution is 0.354. The SMILES string of the molecule is COc1cc2c(cc1OC)C(c1c(O)n(C)c3ccccc13)=NCC2. The molecule has 0 saturated heterocycles. The van der Waals surface area contributed by atoms with Crippen molar-refractivity contribution in [1.29, 1.82) is 0 Å². The molecule has 5 nitrogen and oxygen atoms in total. The molecule has 5 heteroatoms. The first-order valence-electron chi connectivity index (χ1n) is 8.22. The van der Waals surface area contributed by atoms with Crippen LogP contribution >= 0.6 is 0 Å². The molecule has 2 heterocycles. The van der Waals surface area contributed by atoms with Gasteiger partial charge in [-0.2, -0.15) is 0 Å². The van der Waals surface area contributed by atoms with Gasteiger partial charge >= 0.3 is 0 Å². The molecule has 128 valence electrons. The molecule has 0 amide bonds. The van der Waals surface area contributed by atoms with Crippen LogP contribution in [0.3, 0.4) is 0 Å². The highest BCUT2D eigenvalue weighted by atomic mass is 16.5. The number of aliphatic imine (C=N–C) groups is 1. The van der Waals surface area contributed by atoms with E-state index in [9.17, 15) is 5.11 Å². The fraction of sp³-hybridized carbons (Fsp3) is 0.250. The van der Waals surface area contributed by atoms with Gasteiger partial charge in [-0.25, -0.2) is 0 Å². The Morgan fingerprint density at radius 2 is 1.80 bits per heavy atom. The van der Waals surface area contributed by atoms with Crippen LogP contribution in [0.15, 0.2) is 41.4 Å². The highest BCUT2D eigenvalue weighted by Crippen LogP contribution is 2.38. The lowest BCUT2D eigenvalue weighted by Gasteiger charge is -2.20. The van der Waals surface area contributed by atoms with Gasteiger partial charge in [0.05, 0.1) is 31.0 Å². The minimum Gasteiger partial charge on any atom is -0.494 e. The smallest absolute Gasteiger partial charge is 0.201 e. The van der Waals surface area contributed by atoms with Gasteiger partial charge in [-0.1, -0.05) is 18.2 Å². The second-order valence-electron chi connectivity index (χ2n) is 6.12. The van der Waals surface area contributed by atoms with Gasteiger partial charge in [-0.05, 0) is 30.2 Å². The van der Waals surface area contributed by atoms with Crippen molar-refractivity contribution in [3.63, 3.8) is 0 Å². The number of hydrogen-bond acceptors (Lipinski definition) is 4. The number of aromatic hydroxyl groups is 1. The van der Waals surface area contributed by atoms with Crippen molar-refractivity contribution in [3.8, 4) is 17.4 Å². The topological polar surface area (TPSA) is 56.0 Å². The van der Waals surface area contributed by atoms with Gasteiger partial charge in [0.25, 0.3) is 0 Å². The molecule has 1 aromatic heterocycles. The van der Waals surface area contributed by atoms with Gasteiger partial charge in [0.15, 0.2) is 11.5 Å². The molecule has 0 radical (unpaired) electrons. The van der Waals surface area contributed by atoms with Crippen LogP contribution in [0.5, 0.6) is 17.4 Å². The van der Waals surface area contributed by atoms with Crippen LogP contribution in [0.2, 0.25) is 0 Å². The first kappa shape index (κ1) is 15.6. The molecule has 0 spiro atoms. The van der Waals surface area contributed by atoms with Crippen molar-refractivity contribution < 1.29 is 14.6 Å². The van der Waals surface area contributed by atoms with E-state index in [2.05, 4.69) is 0 Å². The van der Waals surface area contributed by atoms with Crippen LogP contribution in [-0.4, -0.2) is 36.1 Å². The molecule has 0 saturated carbocycles. The summed E-state index contributed by atoms with van der Waals surface area (Å²) in [6.07, 6.45) is 0.838. The van der Waals surface area contributed by atoms with Crippen LogP contribution in [0, 0.1) is 0 Å². The van der Waals surface area contributed by atoms with Gasteiger partial charge < -0.3 is 19.1 Å².